The number of aliphatic hydroxyl groups is 1. The lowest BCUT2D eigenvalue weighted by Gasteiger charge is -2.14. The minimum absolute atomic E-state index is 0.0807. The summed E-state index contributed by atoms with van der Waals surface area (Å²) in [6.45, 7) is 3.36. The first-order valence-corrected chi connectivity index (χ1v) is 7.60. The standard InChI is InChI=1S/C12H20N2O5S/c1-8(7-9(2)15)13-12(16)10-5-6-11(19-10)20(17,18)14(3)4/h5-6,8-9,15H,7H2,1-4H3,(H,13,16). The summed E-state index contributed by atoms with van der Waals surface area (Å²) in [5.41, 5.74) is 0. The van der Waals surface area contributed by atoms with Gasteiger partial charge < -0.3 is 14.8 Å². The molecular formula is C12H20N2O5S. The molecular weight excluding hydrogens is 284 g/mol. The number of nitrogens with zero attached hydrogens (tertiary/aromatic N) is 1. The predicted molar refractivity (Wildman–Crippen MR) is 72.8 cm³/mol. The molecule has 7 nitrogen and oxygen atoms in total. The Morgan fingerprint density at radius 1 is 1.40 bits per heavy atom. The van der Waals surface area contributed by atoms with E-state index in [0.717, 1.165) is 4.31 Å². The van der Waals surface area contributed by atoms with E-state index in [0.29, 0.717) is 6.42 Å². The van der Waals surface area contributed by atoms with E-state index in [4.69, 9.17) is 4.42 Å². The smallest absolute Gasteiger partial charge is 0.287 e. The molecule has 0 aromatic carbocycles. The van der Waals surface area contributed by atoms with Gasteiger partial charge in [-0.3, -0.25) is 4.79 Å². The fourth-order valence-electron chi connectivity index (χ4n) is 1.63. The molecule has 2 unspecified atom stereocenters. The minimum atomic E-state index is -3.69. The highest BCUT2D eigenvalue weighted by Gasteiger charge is 2.23. The van der Waals surface area contributed by atoms with Gasteiger partial charge in [0.05, 0.1) is 6.10 Å². The number of aliphatic hydroxyl groups excluding tert-OH is 1. The largest absolute Gasteiger partial charge is 0.438 e. The summed E-state index contributed by atoms with van der Waals surface area (Å²) in [7, 11) is -0.936. The van der Waals surface area contributed by atoms with E-state index in [1.165, 1.54) is 26.2 Å². The van der Waals surface area contributed by atoms with Crippen molar-refractivity contribution < 1.29 is 22.7 Å². The van der Waals surface area contributed by atoms with E-state index >= 15 is 0 Å². The highest BCUT2D eigenvalue weighted by Crippen LogP contribution is 2.17. The summed E-state index contributed by atoms with van der Waals surface area (Å²) in [4.78, 5) is 11.9. The molecule has 1 heterocycles. The fraction of sp³-hybridized carbons (Fsp3) is 0.583. The van der Waals surface area contributed by atoms with Crippen LogP contribution in [0.1, 0.15) is 30.8 Å². The van der Waals surface area contributed by atoms with Gasteiger partial charge in [0.15, 0.2) is 5.76 Å². The first-order chi connectivity index (χ1) is 9.14. The molecule has 0 aliphatic rings. The van der Waals surface area contributed by atoms with Crippen LogP contribution in [0.5, 0.6) is 0 Å². The van der Waals surface area contributed by atoms with Crippen LogP contribution in [0.25, 0.3) is 0 Å². The van der Waals surface area contributed by atoms with E-state index in [1.807, 2.05) is 0 Å². The zero-order chi connectivity index (χ0) is 15.5. The van der Waals surface area contributed by atoms with Crippen molar-refractivity contribution >= 4 is 15.9 Å². The molecule has 0 saturated heterocycles. The molecule has 114 valence electrons. The Labute approximate surface area is 118 Å². The van der Waals surface area contributed by atoms with Crippen LogP contribution >= 0.6 is 0 Å². The molecule has 0 saturated carbocycles. The third-order valence-electron chi connectivity index (χ3n) is 2.61. The van der Waals surface area contributed by atoms with Gasteiger partial charge in [0.2, 0.25) is 5.09 Å². The zero-order valence-electron chi connectivity index (χ0n) is 12.0. The molecule has 1 aromatic heterocycles. The highest BCUT2D eigenvalue weighted by atomic mass is 32.2. The van der Waals surface area contributed by atoms with E-state index in [2.05, 4.69) is 5.32 Å². The molecule has 1 aromatic rings. The monoisotopic (exact) mass is 304 g/mol. The van der Waals surface area contributed by atoms with E-state index in [9.17, 15) is 18.3 Å². The zero-order valence-corrected chi connectivity index (χ0v) is 12.8. The predicted octanol–water partition coefficient (Wildman–Crippen LogP) is 0.419. The molecule has 1 amide bonds. The average Bonchev–Trinajstić information content (AvgIpc) is 2.76. The molecule has 0 radical (unpaired) electrons. The number of hydrogen-bond donors (Lipinski definition) is 2. The summed E-state index contributed by atoms with van der Waals surface area (Å²) in [5.74, 6) is -0.596. The quantitative estimate of drug-likeness (QED) is 0.793. The summed E-state index contributed by atoms with van der Waals surface area (Å²) >= 11 is 0. The van der Waals surface area contributed by atoms with Gasteiger partial charge >= 0.3 is 0 Å². The molecule has 0 fully saturated rings. The first-order valence-electron chi connectivity index (χ1n) is 6.16. The second-order valence-electron chi connectivity index (χ2n) is 4.87. The van der Waals surface area contributed by atoms with Crippen LogP contribution < -0.4 is 5.32 Å². The number of furan rings is 1. The van der Waals surface area contributed by atoms with Gasteiger partial charge in [-0.05, 0) is 32.4 Å². The second kappa shape index (κ2) is 6.38. The maximum Gasteiger partial charge on any atom is 0.287 e. The summed E-state index contributed by atoms with van der Waals surface area (Å²) in [6.07, 6.45) is -0.137. The van der Waals surface area contributed by atoms with Gasteiger partial charge in [-0.2, -0.15) is 0 Å². The van der Waals surface area contributed by atoms with Crippen LogP contribution in [0.15, 0.2) is 21.6 Å². The van der Waals surface area contributed by atoms with E-state index < -0.39 is 22.0 Å². The van der Waals surface area contributed by atoms with Gasteiger partial charge in [0.25, 0.3) is 15.9 Å². The average molecular weight is 304 g/mol. The van der Waals surface area contributed by atoms with Crippen molar-refractivity contribution in [3.8, 4) is 0 Å². The Hall–Kier alpha value is -1.38. The second-order valence-corrected chi connectivity index (χ2v) is 6.95. The van der Waals surface area contributed by atoms with Crippen molar-refractivity contribution in [2.75, 3.05) is 14.1 Å². The van der Waals surface area contributed by atoms with Crippen molar-refractivity contribution in [1.29, 1.82) is 0 Å². The Bertz CT molecular complexity index is 562. The topological polar surface area (TPSA) is 99.8 Å². The summed E-state index contributed by atoms with van der Waals surface area (Å²) in [6, 6.07) is 2.30. The Balaban J connectivity index is 2.80. The lowest BCUT2D eigenvalue weighted by Crippen LogP contribution is -2.34. The molecule has 1 rings (SSSR count). The molecule has 2 atom stereocenters. The lowest BCUT2D eigenvalue weighted by molar-refractivity contribution is 0.0889. The van der Waals surface area contributed by atoms with Gasteiger partial charge in [0.1, 0.15) is 0 Å². The van der Waals surface area contributed by atoms with Gasteiger partial charge in [-0.15, -0.1) is 0 Å². The van der Waals surface area contributed by atoms with Crippen LogP contribution in [0.4, 0.5) is 0 Å². The van der Waals surface area contributed by atoms with Crippen molar-refractivity contribution in [2.45, 2.75) is 37.5 Å². The summed E-state index contributed by atoms with van der Waals surface area (Å²) < 4.78 is 29.7. The third-order valence-corrected chi connectivity index (χ3v) is 4.30. The number of amides is 1. The Kier molecular flexibility index (Phi) is 5.32. The number of rotatable bonds is 6. The third kappa shape index (κ3) is 4.06. The molecule has 0 spiro atoms. The van der Waals surface area contributed by atoms with E-state index in [-0.39, 0.29) is 16.9 Å². The minimum Gasteiger partial charge on any atom is -0.438 e. The normalized spacial score (nSPS) is 15.1. The maximum atomic E-state index is 11.9. The van der Waals surface area contributed by atoms with Crippen molar-refractivity contribution in [3.05, 3.63) is 17.9 Å². The Morgan fingerprint density at radius 2 is 2.00 bits per heavy atom. The number of hydrogen-bond acceptors (Lipinski definition) is 5. The number of nitrogens with one attached hydrogen (secondary N) is 1. The molecule has 20 heavy (non-hydrogen) atoms. The lowest BCUT2D eigenvalue weighted by atomic mass is 10.1. The van der Waals surface area contributed by atoms with Crippen LogP contribution in [0, 0.1) is 0 Å². The SMILES string of the molecule is CC(O)CC(C)NC(=O)c1ccc(S(=O)(=O)N(C)C)o1. The Morgan fingerprint density at radius 3 is 2.50 bits per heavy atom. The number of sulfonamides is 1. The highest BCUT2D eigenvalue weighted by molar-refractivity contribution is 7.88. The molecule has 0 aliphatic carbocycles. The van der Waals surface area contributed by atoms with Crippen molar-refractivity contribution in [1.82, 2.24) is 9.62 Å². The fourth-order valence-corrected chi connectivity index (χ4v) is 2.42. The van der Waals surface area contributed by atoms with Crippen LogP contribution in [0.3, 0.4) is 0 Å². The van der Waals surface area contributed by atoms with Gasteiger partial charge in [0, 0.05) is 20.1 Å². The van der Waals surface area contributed by atoms with Crippen LogP contribution in [-0.2, 0) is 10.0 Å². The maximum absolute atomic E-state index is 11.9. The van der Waals surface area contributed by atoms with Crippen LogP contribution in [-0.4, -0.2) is 50.0 Å². The van der Waals surface area contributed by atoms with Gasteiger partial charge in [-0.25, -0.2) is 12.7 Å². The first kappa shape index (κ1) is 16.7. The molecule has 8 heteroatoms. The molecule has 0 aliphatic heterocycles. The number of carbonyl (C=O) groups excluding carboxylic acids is 1. The molecule has 0 bridgehead atoms. The van der Waals surface area contributed by atoms with Crippen molar-refractivity contribution in [2.24, 2.45) is 0 Å². The van der Waals surface area contributed by atoms with Crippen molar-refractivity contribution in [3.63, 3.8) is 0 Å². The molecule has 2 N–H and O–H groups in total. The van der Waals surface area contributed by atoms with E-state index in [1.54, 1.807) is 13.8 Å². The van der Waals surface area contributed by atoms with Gasteiger partial charge in [-0.1, -0.05) is 0 Å². The van der Waals surface area contributed by atoms with Crippen LogP contribution in [0.2, 0.25) is 0 Å². The summed E-state index contributed by atoms with van der Waals surface area (Å²) in [5, 5.41) is 11.6. The number of carbonyl (C=O) groups is 1.